The summed E-state index contributed by atoms with van der Waals surface area (Å²) in [4.78, 5) is 26.2. The maximum Gasteiger partial charge on any atom is 0.281 e. The molecule has 0 saturated carbocycles. The summed E-state index contributed by atoms with van der Waals surface area (Å²) in [5.41, 5.74) is 5.01. The molecule has 4 aromatic rings. The number of aryl methyl sites for hydroxylation is 1. The molecule has 30 heavy (non-hydrogen) atoms. The fourth-order valence-electron chi connectivity index (χ4n) is 3.03. The molecule has 0 saturated heterocycles. The van der Waals surface area contributed by atoms with Crippen LogP contribution in [0.15, 0.2) is 82.0 Å². The van der Waals surface area contributed by atoms with E-state index in [-0.39, 0.29) is 11.5 Å². The van der Waals surface area contributed by atoms with Gasteiger partial charge in [0.2, 0.25) is 0 Å². The van der Waals surface area contributed by atoms with Crippen molar-refractivity contribution in [3.05, 3.63) is 109 Å². The number of benzene rings is 2. The fraction of sp³-hybridized carbons (Fsp3) is 0.0455. The first-order chi connectivity index (χ1) is 14.5. The number of aromatic amines is 1. The first kappa shape index (κ1) is 19.9. The third kappa shape index (κ3) is 3.98. The lowest BCUT2D eigenvalue weighted by Gasteiger charge is -2.06. The third-order valence-corrected chi connectivity index (χ3v) is 5.58. The molecule has 8 heteroatoms. The van der Waals surface area contributed by atoms with Crippen LogP contribution in [-0.4, -0.2) is 21.4 Å². The zero-order valence-electron chi connectivity index (χ0n) is 15.9. The predicted octanol–water partition coefficient (Wildman–Crippen LogP) is 4.37. The number of carbonyl (C=O) groups excluding carboxylic acids is 1. The second-order valence-electron chi connectivity index (χ2n) is 6.47. The standard InChI is InChI=1S/C22H17ClN4O2S/c1-14-19(22(29)27(26-14)17-6-3-2-4-7-17)20(15-9-11-16(23)12-10-15)24-25-21(28)18-8-5-13-30-18/h2-13,26H,1H3,(H,25,28)/b24-20-. The van der Waals surface area contributed by atoms with Gasteiger partial charge in [-0.05, 0) is 42.6 Å². The summed E-state index contributed by atoms with van der Waals surface area (Å²) in [7, 11) is 0. The Kier molecular flexibility index (Phi) is 5.65. The highest BCUT2D eigenvalue weighted by atomic mass is 35.5. The minimum Gasteiger partial charge on any atom is -0.295 e. The highest BCUT2D eigenvalue weighted by Gasteiger charge is 2.20. The molecule has 2 heterocycles. The van der Waals surface area contributed by atoms with Gasteiger partial charge in [0.05, 0.1) is 16.1 Å². The first-order valence-electron chi connectivity index (χ1n) is 9.09. The number of thiophene rings is 1. The lowest BCUT2D eigenvalue weighted by atomic mass is 10.0. The van der Waals surface area contributed by atoms with Gasteiger partial charge in [-0.3, -0.25) is 14.7 Å². The number of nitrogens with one attached hydrogen (secondary N) is 2. The van der Waals surface area contributed by atoms with Gasteiger partial charge in [-0.25, -0.2) is 10.1 Å². The number of hydrazone groups is 1. The van der Waals surface area contributed by atoms with E-state index in [2.05, 4.69) is 15.6 Å². The zero-order valence-corrected chi connectivity index (χ0v) is 17.5. The molecule has 0 atom stereocenters. The van der Waals surface area contributed by atoms with E-state index >= 15 is 0 Å². The number of rotatable bonds is 5. The molecular formula is C22H17ClN4O2S. The smallest absolute Gasteiger partial charge is 0.281 e. The number of hydrogen-bond acceptors (Lipinski definition) is 4. The van der Waals surface area contributed by atoms with Gasteiger partial charge in [0.1, 0.15) is 5.71 Å². The van der Waals surface area contributed by atoms with E-state index in [1.165, 1.54) is 16.0 Å². The van der Waals surface area contributed by atoms with Crippen molar-refractivity contribution in [3.63, 3.8) is 0 Å². The van der Waals surface area contributed by atoms with E-state index in [0.717, 1.165) is 0 Å². The first-order valence-corrected chi connectivity index (χ1v) is 10.4. The van der Waals surface area contributed by atoms with Crippen LogP contribution in [0, 0.1) is 6.92 Å². The van der Waals surface area contributed by atoms with Crippen molar-refractivity contribution in [1.82, 2.24) is 15.2 Å². The van der Waals surface area contributed by atoms with Crippen LogP contribution in [0.3, 0.4) is 0 Å². The second-order valence-corrected chi connectivity index (χ2v) is 7.86. The normalized spacial score (nSPS) is 11.5. The average Bonchev–Trinajstić information content (AvgIpc) is 3.39. The largest absolute Gasteiger partial charge is 0.295 e. The maximum absolute atomic E-state index is 13.3. The van der Waals surface area contributed by atoms with Crippen molar-refractivity contribution < 1.29 is 4.79 Å². The number of nitrogens with zero attached hydrogens (tertiary/aromatic N) is 2. The van der Waals surface area contributed by atoms with Gasteiger partial charge in [0, 0.05) is 16.3 Å². The van der Waals surface area contributed by atoms with Crippen LogP contribution in [0.5, 0.6) is 0 Å². The van der Waals surface area contributed by atoms with E-state index < -0.39 is 0 Å². The SMILES string of the molecule is Cc1[nH]n(-c2ccccc2)c(=O)c1/C(=N\NC(=O)c1cccs1)c1ccc(Cl)cc1. The van der Waals surface area contributed by atoms with Crippen LogP contribution >= 0.6 is 22.9 Å². The minimum absolute atomic E-state index is 0.266. The number of para-hydroxylation sites is 1. The summed E-state index contributed by atoms with van der Waals surface area (Å²) in [6.07, 6.45) is 0. The van der Waals surface area contributed by atoms with Gasteiger partial charge in [0.25, 0.3) is 11.5 Å². The highest BCUT2D eigenvalue weighted by molar-refractivity contribution is 7.12. The van der Waals surface area contributed by atoms with Crippen molar-refractivity contribution in [2.45, 2.75) is 6.92 Å². The van der Waals surface area contributed by atoms with Crippen LogP contribution in [-0.2, 0) is 0 Å². The number of carbonyl (C=O) groups is 1. The van der Waals surface area contributed by atoms with Gasteiger partial charge in [-0.2, -0.15) is 5.10 Å². The van der Waals surface area contributed by atoms with Crippen molar-refractivity contribution >= 4 is 34.6 Å². The average molecular weight is 437 g/mol. The lowest BCUT2D eigenvalue weighted by molar-refractivity contribution is 0.0959. The number of hydrogen-bond donors (Lipinski definition) is 2. The molecule has 0 fully saturated rings. The van der Waals surface area contributed by atoms with Crippen LogP contribution in [0.1, 0.15) is 26.5 Å². The van der Waals surface area contributed by atoms with Gasteiger partial charge in [-0.1, -0.05) is 48.0 Å². The Labute approximate surface area is 181 Å². The molecule has 1 amide bonds. The fourth-order valence-corrected chi connectivity index (χ4v) is 3.77. The molecule has 0 bridgehead atoms. The Morgan fingerprint density at radius 1 is 1.07 bits per heavy atom. The van der Waals surface area contributed by atoms with Gasteiger partial charge >= 0.3 is 0 Å². The molecule has 0 unspecified atom stereocenters. The molecule has 0 radical (unpaired) electrons. The predicted molar refractivity (Wildman–Crippen MR) is 120 cm³/mol. The van der Waals surface area contributed by atoms with E-state index in [4.69, 9.17) is 11.6 Å². The van der Waals surface area contributed by atoms with Crippen LogP contribution in [0.25, 0.3) is 5.69 Å². The molecule has 4 rings (SSSR count). The van der Waals surface area contributed by atoms with Gasteiger partial charge < -0.3 is 0 Å². The van der Waals surface area contributed by atoms with E-state index in [0.29, 0.717) is 38.1 Å². The molecule has 0 aliphatic rings. The highest BCUT2D eigenvalue weighted by Crippen LogP contribution is 2.16. The van der Waals surface area contributed by atoms with Gasteiger partial charge in [-0.15, -0.1) is 11.3 Å². The number of halogens is 1. The van der Waals surface area contributed by atoms with Crippen LogP contribution in [0.4, 0.5) is 0 Å². The van der Waals surface area contributed by atoms with Crippen LogP contribution < -0.4 is 11.0 Å². The molecule has 2 N–H and O–H groups in total. The summed E-state index contributed by atoms with van der Waals surface area (Å²) in [6.45, 7) is 1.79. The van der Waals surface area contributed by atoms with Gasteiger partial charge in [0.15, 0.2) is 0 Å². The summed E-state index contributed by atoms with van der Waals surface area (Å²) >= 11 is 7.34. The topological polar surface area (TPSA) is 79.2 Å². The van der Waals surface area contributed by atoms with E-state index in [1.54, 1.807) is 43.3 Å². The van der Waals surface area contributed by atoms with Crippen molar-refractivity contribution in [1.29, 1.82) is 0 Å². The minimum atomic E-state index is -0.340. The number of aromatic nitrogens is 2. The Hall–Kier alpha value is -3.42. The quantitative estimate of drug-likeness (QED) is 0.360. The molecule has 0 aliphatic heterocycles. The van der Waals surface area contributed by atoms with E-state index in [1.807, 2.05) is 35.7 Å². The molecule has 0 spiro atoms. The Bertz CT molecular complexity index is 1260. The Balaban J connectivity index is 1.81. The molecule has 150 valence electrons. The van der Waals surface area contributed by atoms with Crippen LogP contribution in [0.2, 0.25) is 5.02 Å². The summed E-state index contributed by atoms with van der Waals surface area (Å²) < 4.78 is 1.46. The Morgan fingerprint density at radius 2 is 1.80 bits per heavy atom. The molecule has 2 aromatic carbocycles. The molecule has 2 aromatic heterocycles. The zero-order chi connectivity index (χ0) is 21.1. The monoisotopic (exact) mass is 436 g/mol. The third-order valence-electron chi connectivity index (χ3n) is 4.45. The Morgan fingerprint density at radius 3 is 2.47 bits per heavy atom. The number of H-pyrrole nitrogens is 1. The summed E-state index contributed by atoms with van der Waals surface area (Å²) in [6, 6.07) is 19.7. The van der Waals surface area contributed by atoms with E-state index in [9.17, 15) is 9.59 Å². The lowest BCUT2D eigenvalue weighted by Crippen LogP contribution is -2.25. The number of amides is 1. The second kappa shape index (κ2) is 8.52. The summed E-state index contributed by atoms with van der Waals surface area (Å²) in [5, 5.41) is 9.79. The molecular weight excluding hydrogens is 420 g/mol. The van der Waals surface area contributed by atoms with Crippen molar-refractivity contribution in [2.75, 3.05) is 0 Å². The molecule has 0 aliphatic carbocycles. The summed E-state index contributed by atoms with van der Waals surface area (Å²) in [5.74, 6) is -0.340. The van der Waals surface area contributed by atoms with Crippen molar-refractivity contribution in [2.24, 2.45) is 5.10 Å². The molecule has 6 nitrogen and oxygen atoms in total. The maximum atomic E-state index is 13.3. The van der Waals surface area contributed by atoms with Crippen molar-refractivity contribution in [3.8, 4) is 5.69 Å².